The van der Waals surface area contributed by atoms with E-state index in [0.717, 1.165) is 19.4 Å². The van der Waals surface area contributed by atoms with Gasteiger partial charge in [0.2, 0.25) is 5.91 Å². The predicted octanol–water partition coefficient (Wildman–Crippen LogP) is 1.72. The van der Waals surface area contributed by atoms with Crippen molar-refractivity contribution < 1.29 is 14.7 Å². The Labute approximate surface area is 121 Å². The van der Waals surface area contributed by atoms with E-state index in [0.29, 0.717) is 18.8 Å². The maximum Gasteiger partial charge on any atom is 0.310 e. The molecule has 116 valence electrons. The summed E-state index contributed by atoms with van der Waals surface area (Å²) in [7, 11) is 3.94. The van der Waals surface area contributed by atoms with Gasteiger partial charge in [-0.2, -0.15) is 0 Å². The molecule has 1 atom stereocenters. The number of hydrogen-bond acceptors (Lipinski definition) is 3. The molecule has 0 bridgehead atoms. The van der Waals surface area contributed by atoms with Crippen LogP contribution < -0.4 is 5.32 Å². The Hall–Kier alpha value is -1.10. The lowest BCUT2D eigenvalue weighted by Crippen LogP contribution is -2.47. The van der Waals surface area contributed by atoms with Gasteiger partial charge in [-0.05, 0) is 32.9 Å². The van der Waals surface area contributed by atoms with E-state index < -0.39 is 11.4 Å². The van der Waals surface area contributed by atoms with Crippen molar-refractivity contribution in [1.29, 1.82) is 0 Å². The first-order valence-corrected chi connectivity index (χ1v) is 7.44. The average Bonchev–Trinajstić information content (AvgIpc) is 2.77. The molecule has 1 amide bonds. The van der Waals surface area contributed by atoms with Crippen LogP contribution in [-0.4, -0.2) is 48.6 Å². The molecule has 0 spiro atoms. The van der Waals surface area contributed by atoms with E-state index in [1.54, 1.807) is 0 Å². The summed E-state index contributed by atoms with van der Waals surface area (Å²) in [5, 5.41) is 12.4. The van der Waals surface area contributed by atoms with Crippen LogP contribution in [0.3, 0.4) is 0 Å². The van der Waals surface area contributed by atoms with Crippen LogP contribution >= 0.6 is 0 Å². The summed E-state index contributed by atoms with van der Waals surface area (Å²) in [6.07, 6.45) is 3.17. The molecule has 0 aromatic carbocycles. The first-order chi connectivity index (χ1) is 9.27. The van der Waals surface area contributed by atoms with Crippen molar-refractivity contribution in [2.75, 3.05) is 20.6 Å². The van der Waals surface area contributed by atoms with Gasteiger partial charge in [-0.3, -0.25) is 9.59 Å². The highest BCUT2D eigenvalue weighted by molar-refractivity contribution is 5.85. The van der Waals surface area contributed by atoms with Gasteiger partial charge in [-0.25, -0.2) is 0 Å². The highest BCUT2D eigenvalue weighted by atomic mass is 16.4. The second-order valence-corrected chi connectivity index (χ2v) is 6.65. The largest absolute Gasteiger partial charge is 0.481 e. The van der Waals surface area contributed by atoms with E-state index in [-0.39, 0.29) is 18.4 Å². The molecular weight excluding hydrogens is 256 g/mol. The lowest BCUT2D eigenvalue weighted by molar-refractivity contribution is -0.151. The number of carboxylic acids is 1. The van der Waals surface area contributed by atoms with Gasteiger partial charge in [0.05, 0.1) is 5.41 Å². The van der Waals surface area contributed by atoms with Crippen molar-refractivity contribution in [3.63, 3.8) is 0 Å². The van der Waals surface area contributed by atoms with Crippen LogP contribution in [0.1, 0.15) is 46.0 Å². The fourth-order valence-corrected chi connectivity index (χ4v) is 2.90. The Kier molecular flexibility index (Phi) is 5.99. The normalized spacial score (nSPS) is 19.3. The number of carbonyl (C=O) groups excluding carboxylic acids is 1. The number of carboxylic acid groups (broad SMARTS) is 1. The van der Waals surface area contributed by atoms with Crippen molar-refractivity contribution in [2.24, 2.45) is 11.3 Å². The minimum absolute atomic E-state index is 0.0600. The predicted molar refractivity (Wildman–Crippen MR) is 78.5 cm³/mol. The van der Waals surface area contributed by atoms with Crippen LogP contribution in [-0.2, 0) is 9.59 Å². The molecule has 1 aliphatic rings. The molecule has 1 saturated carbocycles. The number of nitrogens with zero attached hydrogens (tertiary/aromatic N) is 1. The number of amides is 1. The molecule has 1 aliphatic carbocycles. The summed E-state index contributed by atoms with van der Waals surface area (Å²) in [4.78, 5) is 25.7. The second kappa shape index (κ2) is 7.07. The van der Waals surface area contributed by atoms with E-state index in [9.17, 15) is 14.7 Å². The molecule has 1 unspecified atom stereocenters. The zero-order valence-corrected chi connectivity index (χ0v) is 13.1. The Morgan fingerprint density at radius 2 is 1.80 bits per heavy atom. The van der Waals surface area contributed by atoms with Crippen LogP contribution in [0.4, 0.5) is 0 Å². The van der Waals surface area contributed by atoms with Crippen LogP contribution in [0.25, 0.3) is 0 Å². The fourth-order valence-electron chi connectivity index (χ4n) is 2.90. The molecule has 5 heteroatoms. The molecule has 20 heavy (non-hydrogen) atoms. The summed E-state index contributed by atoms with van der Waals surface area (Å²) >= 11 is 0. The first-order valence-electron chi connectivity index (χ1n) is 7.44. The highest BCUT2D eigenvalue weighted by Gasteiger charge is 2.43. The number of aliphatic carboxylic acids is 1. The number of rotatable bonds is 7. The first kappa shape index (κ1) is 17.0. The van der Waals surface area contributed by atoms with Gasteiger partial charge in [0.1, 0.15) is 0 Å². The molecule has 2 N–H and O–H groups in total. The number of likely N-dealkylation sites (N-methyl/N-ethyl adjacent to an activating group) is 1. The zero-order chi connectivity index (χ0) is 15.3. The summed E-state index contributed by atoms with van der Waals surface area (Å²) in [5.41, 5.74) is -0.830. The molecule has 1 rings (SSSR count). The van der Waals surface area contributed by atoms with E-state index in [1.807, 2.05) is 19.0 Å². The highest BCUT2D eigenvalue weighted by Crippen LogP contribution is 2.41. The summed E-state index contributed by atoms with van der Waals surface area (Å²) in [5.74, 6) is -0.626. The Bertz CT molecular complexity index is 347. The third-order valence-corrected chi connectivity index (χ3v) is 4.23. The smallest absolute Gasteiger partial charge is 0.310 e. The third kappa shape index (κ3) is 4.47. The quantitative estimate of drug-likeness (QED) is 0.747. The van der Waals surface area contributed by atoms with Crippen LogP contribution in [0.5, 0.6) is 0 Å². The molecule has 0 saturated heterocycles. The van der Waals surface area contributed by atoms with Gasteiger partial charge in [0, 0.05) is 19.0 Å². The minimum atomic E-state index is -0.830. The molecule has 1 fully saturated rings. The third-order valence-electron chi connectivity index (χ3n) is 4.23. The Balaban J connectivity index is 2.62. The molecule has 0 aromatic heterocycles. The molecule has 0 aliphatic heterocycles. The monoisotopic (exact) mass is 284 g/mol. The average molecular weight is 284 g/mol. The molecule has 0 radical (unpaired) electrons. The van der Waals surface area contributed by atoms with Gasteiger partial charge >= 0.3 is 5.97 Å². The maximum atomic E-state index is 12.2. The van der Waals surface area contributed by atoms with Gasteiger partial charge in [-0.15, -0.1) is 0 Å². The van der Waals surface area contributed by atoms with Gasteiger partial charge in [-0.1, -0.05) is 26.7 Å². The molecule has 5 nitrogen and oxygen atoms in total. The topological polar surface area (TPSA) is 69.6 Å². The van der Waals surface area contributed by atoms with Gasteiger partial charge in [0.25, 0.3) is 0 Å². The summed E-state index contributed by atoms with van der Waals surface area (Å²) < 4.78 is 0. The van der Waals surface area contributed by atoms with Crippen molar-refractivity contribution in [3.05, 3.63) is 0 Å². The Morgan fingerprint density at radius 3 is 2.20 bits per heavy atom. The van der Waals surface area contributed by atoms with Gasteiger partial charge < -0.3 is 15.3 Å². The zero-order valence-electron chi connectivity index (χ0n) is 13.1. The van der Waals surface area contributed by atoms with Crippen LogP contribution in [0, 0.1) is 11.3 Å². The van der Waals surface area contributed by atoms with E-state index in [4.69, 9.17) is 0 Å². The SMILES string of the molecule is CC(C)C(CN(C)C)NC(=O)CC1(C(=O)O)CCCC1. The van der Waals surface area contributed by atoms with Crippen molar-refractivity contribution >= 4 is 11.9 Å². The summed E-state index contributed by atoms with van der Waals surface area (Å²) in [6.45, 7) is 4.90. The van der Waals surface area contributed by atoms with E-state index in [1.165, 1.54) is 0 Å². The second-order valence-electron chi connectivity index (χ2n) is 6.65. The van der Waals surface area contributed by atoms with E-state index in [2.05, 4.69) is 19.2 Å². The van der Waals surface area contributed by atoms with Crippen molar-refractivity contribution in [3.8, 4) is 0 Å². The summed E-state index contributed by atoms with van der Waals surface area (Å²) in [6, 6.07) is 0.0600. The fraction of sp³-hybridized carbons (Fsp3) is 0.867. The number of nitrogens with one attached hydrogen (secondary N) is 1. The van der Waals surface area contributed by atoms with Crippen LogP contribution in [0.2, 0.25) is 0 Å². The maximum absolute atomic E-state index is 12.2. The number of hydrogen-bond donors (Lipinski definition) is 2. The lowest BCUT2D eigenvalue weighted by Gasteiger charge is -2.28. The van der Waals surface area contributed by atoms with Crippen LogP contribution in [0.15, 0.2) is 0 Å². The standard InChI is InChI=1S/C15H28N2O3/c1-11(2)12(10-17(3)4)16-13(18)9-15(14(19)20)7-5-6-8-15/h11-12H,5-10H2,1-4H3,(H,16,18)(H,19,20). The molecule has 0 aromatic rings. The lowest BCUT2D eigenvalue weighted by atomic mass is 9.82. The number of carbonyl (C=O) groups is 2. The molecule has 0 heterocycles. The Morgan fingerprint density at radius 1 is 1.25 bits per heavy atom. The van der Waals surface area contributed by atoms with E-state index >= 15 is 0 Å². The van der Waals surface area contributed by atoms with Gasteiger partial charge in [0.15, 0.2) is 0 Å². The minimum Gasteiger partial charge on any atom is -0.481 e. The van der Waals surface area contributed by atoms with Crippen molar-refractivity contribution in [1.82, 2.24) is 10.2 Å². The molecular formula is C15H28N2O3. The van der Waals surface area contributed by atoms with Crippen molar-refractivity contribution in [2.45, 2.75) is 52.0 Å².